The van der Waals surface area contributed by atoms with Gasteiger partial charge in [-0.05, 0) is 45.2 Å². The second-order valence-electron chi connectivity index (χ2n) is 6.41. The molecule has 2 atom stereocenters. The fourth-order valence-corrected chi connectivity index (χ4v) is 2.98. The highest BCUT2D eigenvalue weighted by atomic mass is 16.5. The van der Waals surface area contributed by atoms with Crippen LogP contribution in [-0.4, -0.2) is 43.7 Å². The number of ether oxygens (including phenoxy) is 1. The molecule has 0 spiro atoms. The van der Waals surface area contributed by atoms with Gasteiger partial charge in [-0.1, -0.05) is 0 Å². The van der Waals surface area contributed by atoms with Crippen molar-refractivity contribution in [2.45, 2.75) is 39.2 Å². The number of nitrogens with zero attached hydrogens (tertiary/aromatic N) is 3. The molecule has 1 amide bonds. The van der Waals surface area contributed by atoms with Crippen LogP contribution in [0.15, 0.2) is 12.1 Å². The average molecular weight is 330 g/mol. The number of nitriles is 1. The maximum Gasteiger partial charge on any atom is 0.225 e. The van der Waals surface area contributed by atoms with Gasteiger partial charge in [0, 0.05) is 38.5 Å². The zero-order valence-corrected chi connectivity index (χ0v) is 14.7. The number of anilines is 1. The Hall–Kier alpha value is -2.13. The van der Waals surface area contributed by atoms with E-state index in [2.05, 4.69) is 21.3 Å². The molecule has 1 aliphatic heterocycles. The highest BCUT2D eigenvalue weighted by molar-refractivity contribution is 5.80. The molecular formula is C18H26N4O2. The molecule has 0 bridgehead atoms. The molecule has 0 radical (unpaired) electrons. The summed E-state index contributed by atoms with van der Waals surface area (Å²) in [5, 5.41) is 12.4. The lowest BCUT2D eigenvalue weighted by Crippen LogP contribution is -2.46. The molecular weight excluding hydrogens is 304 g/mol. The molecule has 0 unspecified atom stereocenters. The van der Waals surface area contributed by atoms with Crippen molar-refractivity contribution in [2.75, 3.05) is 31.7 Å². The molecule has 1 saturated heterocycles. The molecule has 1 aromatic heterocycles. The molecule has 6 heteroatoms. The molecule has 1 aliphatic rings. The Balaban J connectivity index is 2.03. The second-order valence-corrected chi connectivity index (χ2v) is 6.41. The van der Waals surface area contributed by atoms with Crippen LogP contribution in [0, 0.1) is 24.2 Å². The number of aryl methyl sites for hydroxylation is 1. The number of rotatable bonds is 6. The number of piperidine rings is 1. The molecule has 1 fully saturated rings. The predicted octanol–water partition coefficient (Wildman–Crippen LogP) is 2.02. The molecule has 1 aromatic rings. The van der Waals surface area contributed by atoms with Crippen LogP contribution < -0.4 is 10.2 Å². The van der Waals surface area contributed by atoms with Gasteiger partial charge in [-0.25, -0.2) is 4.98 Å². The van der Waals surface area contributed by atoms with E-state index >= 15 is 0 Å². The first-order chi connectivity index (χ1) is 11.5. The maximum atomic E-state index is 12.5. The van der Waals surface area contributed by atoms with Crippen LogP contribution in [-0.2, 0) is 9.53 Å². The van der Waals surface area contributed by atoms with Crippen molar-refractivity contribution < 1.29 is 9.53 Å². The van der Waals surface area contributed by atoms with E-state index in [0.717, 1.165) is 31.5 Å². The Morgan fingerprint density at radius 1 is 1.58 bits per heavy atom. The summed E-state index contributed by atoms with van der Waals surface area (Å²) in [6.07, 6.45) is 2.59. The topological polar surface area (TPSA) is 78.2 Å². The van der Waals surface area contributed by atoms with Crippen LogP contribution in [0.4, 0.5) is 5.82 Å². The SMILES string of the molecule is COCC[C@@H](C)NC(=O)[C@@H]1CCCN(c2nc(C)ccc2C#N)C1. The Bertz CT molecular complexity index is 612. The van der Waals surface area contributed by atoms with Gasteiger partial charge in [0.2, 0.25) is 5.91 Å². The summed E-state index contributed by atoms with van der Waals surface area (Å²) in [4.78, 5) is 19.1. The van der Waals surface area contributed by atoms with E-state index in [1.807, 2.05) is 19.9 Å². The molecule has 2 heterocycles. The molecule has 0 aliphatic carbocycles. The number of aromatic nitrogens is 1. The third-order valence-electron chi connectivity index (χ3n) is 4.37. The second kappa shape index (κ2) is 8.65. The van der Waals surface area contributed by atoms with Crippen molar-refractivity contribution in [1.29, 1.82) is 5.26 Å². The molecule has 0 saturated carbocycles. The Morgan fingerprint density at radius 3 is 3.08 bits per heavy atom. The summed E-state index contributed by atoms with van der Waals surface area (Å²) in [6.45, 7) is 5.97. The quantitative estimate of drug-likeness (QED) is 0.863. The van der Waals surface area contributed by atoms with Crippen LogP contribution >= 0.6 is 0 Å². The fraction of sp³-hybridized carbons (Fsp3) is 0.611. The van der Waals surface area contributed by atoms with Crippen molar-refractivity contribution in [3.8, 4) is 6.07 Å². The van der Waals surface area contributed by atoms with Crippen LogP contribution in [0.25, 0.3) is 0 Å². The minimum Gasteiger partial charge on any atom is -0.385 e. The van der Waals surface area contributed by atoms with Gasteiger partial charge in [-0.2, -0.15) is 5.26 Å². The predicted molar refractivity (Wildman–Crippen MR) is 92.7 cm³/mol. The number of amides is 1. The van der Waals surface area contributed by atoms with Gasteiger partial charge in [-0.15, -0.1) is 0 Å². The van der Waals surface area contributed by atoms with E-state index in [9.17, 15) is 10.1 Å². The summed E-state index contributed by atoms with van der Waals surface area (Å²) < 4.78 is 5.05. The highest BCUT2D eigenvalue weighted by Crippen LogP contribution is 2.25. The van der Waals surface area contributed by atoms with Crippen molar-refractivity contribution >= 4 is 11.7 Å². The van der Waals surface area contributed by atoms with Gasteiger partial charge >= 0.3 is 0 Å². The average Bonchev–Trinajstić information content (AvgIpc) is 2.60. The van der Waals surface area contributed by atoms with Gasteiger partial charge in [-0.3, -0.25) is 4.79 Å². The summed E-state index contributed by atoms with van der Waals surface area (Å²) in [5.74, 6) is 0.703. The van der Waals surface area contributed by atoms with Gasteiger partial charge < -0.3 is 15.0 Å². The zero-order chi connectivity index (χ0) is 17.5. The van der Waals surface area contributed by atoms with Crippen molar-refractivity contribution in [3.63, 3.8) is 0 Å². The lowest BCUT2D eigenvalue weighted by Gasteiger charge is -2.34. The van der Waals surface area contributed by atoms with Crippen LogP contribution in [0.5, 0.6) is 0 Å². The number of methoxy groups -OCH3 is 1. The minimum absolute atomic E-state index is 0.0717. The van der Waals surface area contributed by atoms with Crippen LogP contribution in [0.1, 0.15) is 37.4 Å². The number of pyridine rings is 1. The number of carbonyl (C=O) groups excluding carboxylic acids is 1. The lowest BCUT2D eigenvalue weighted by atomic mass is 9.96. The van der Waals surface area contributed by atoms with Gasteiger partial charge in [0.1, 0.15) is 11.9 Å². The fourth-order valence-electron chi connectivity index (χ4n) is 2.98. The van der Waals surface area contributed by atoms with E-state index in [0.29, 0.717) is 24.5 Å². The summed E-state index contributed by atoms with van der Waals surface area (Å²) in [5.41, 5.74) is 1.44. The molecule has 130 valence electrons. The van der Waals surface area contributed by atoms with E-state index in [4.69, 9.17) is 4.74 Å². The molecule has 2 rings (SSSR count). The number of hydrogen-bond acceptors (Lipinski definition) is 5. The summed E-state index contributed by atoms with van der Waals surface area (Å²) in [6, 6.07) is 5.94. The monoisotopic (exact) mass is 330 g/mol. The minimum atomic E-state index is -0.0717. The highest BCUT2D eigenvalue weighted by Gasteiger charge is 2.28. The zero-order valence-electron chi connectivity index (χ0n) is 14.7. The first-order valence-corrected chi connectivity index (χ1v) is 8.47. The van der Waals surface area contributed by atoms with E-state index in [1.165, 1.54) is 0 Å². The third-order valence-corrected chi connectivity index (χ3v) is 4.37. The van der Waals surface area contributed by atoms with E-state index in [-0.39, 0.29) is 17.9 Å². The smallest absolute Gasteiger partial charge is 0.225 e. The molecule has 1 N–H and O–H groups in total. The van der Waals surface area contributed by atoms with E-state index < -0.39 is 0 Å². The van der Waals surface area contributed by atoms with Crippen LogP contribution in [0.2, 0.25) is 0 Å². The first-order valence-electron chi connectivity index (χ1n) is 8.47. The standard InChI is InChI=1S/C18H26N4O2/c1-13-6-7-15(11-19)17(20-13)22-9-4-5-16(12-22)18(23)21-14(2)8-10-24-3/h6-7,14,16H,4-5,8-10,12H2,1-3H3,(H,21,23)/t14-,16-/m1/s1. The number of nitrogens with one attached hydrogen (secondary N) is 1. The Kier molecular flexibility index (Phi) is 6.56. The lowest BCUT2D eigenvalue weighted by molar-refractivity contribution is -0.125. The number of hydrogen-bond donors (Lipinski definition) is 1. The van der Waals surface area contributed by atoms with Crippen molar-refractivity contribution in [2.24, 2.45) is 5.92 Å². The third kappa shape index (κ3) is 4.68. The Labute approximate surface area is 143 Å². The van der Waals surface area contributed by atoms with E-state index in [1.54, 1.807) is 13.2 Å². The summed E-state index contributed by atoms with van der Waals surface area (Å²) >= 11 is 0. The van der Waals surface area contributed by atoms with Crippen molar-refractivity contribution in [3.05, 3.63) is 23.4 Å². The Morgan fingerprint density at radius 2 is 2.38 bits per heavy atom. The largest absolute Gasteiger partial charge is 0.385 e. The van der Waals surface area contributed by atoms with Gasteiger partial charge in [0.05, 0.1) is 11.5 Å². The maximum absolute atomic E-state index is 12.5. The van der Waals surface area contributed by atoms with Crippen molar-refractivity contribution in [1.82, 2.24) is 10.3 Å². The number of carbonyl (C=O) groups is 1. The van der Waals surface area contributed by atoms with Gasteiger partial charge in [0.25, 0.3) is 0 Å². The molecule has 24 heavy (non-hydrogen) atoms. The van der Waals surface area contributed by atoms with Gasteiger partial charge in [0.15, 0.2) is 0 Å². The normalized spacial score (nSPS) is 18.8. The van der Waals surface area contributed by atoms with Crippen LogP contribution in [0.3, 0.4) is 0 Å². The first kappa shape index (κ1) is 18.2. The molecule has 6 nitrogen and oxygen atoms in total. The molecule has 0 aromatic carbocycles. The summed E-state index contributed by atoms with van der Waals surface area (Å²) in [7, 11) is 1.66.